The standard InChI is InChI=1S/C21H21F2N5O2/c1-21(2)9-8-28(12-5-4-10(22)14(23)18(12)30-3)17(13(9)21)20-26-11-6-7-25-16(19(24)29)15(11)27-20/h4-7,9,13,17H,8H2,1-3H3,(H2,24,29)(H,26,27)/t9-,13-,17-/m1/s1. The number of rotatable bonds is 4. The van der Waals surface area contributed by atoms with Crippen LogP contribution >= 0.6 is 0 Å². The quantitative estimate of drug-likeness (QED) is 0.685. The van der Waals surface area contributed by atoms with Crippen LogP contribution in [-0.2, 0) is 0 Å². The molecule has 1 saturated carbocycles. The number of ether oxygens (including phenoxy) is 1. The van der Waals surface area contributed by atoms with E-state index in [1.165, 1.54) is 19.4 Å². The number of piperidine rings is 1. The summed E-state index contributed by atoms with van der Waals surface area (Å²) in [5.41, 5.74) is 7.14. The molecule has 0 unspecified atom stereocenters. The minimum atomic E-state index is -1.02. The van der Waals surface area contributed by atoms with Crippen LogP contribution in [0.2, 0.25) is 0 Å². The van der Waals surface area contributed by atoms with Crippen LogP contribution in [0.3, 0.4) is 0 Å². The van der Waals surface area contributed by atoms with Crippen LogP contribution in [0.15, 0.2) is 24.4 Å². The lowest BCUT2D eigenvalue weighted by Gasteiger charge is -2.32. The van der Waals surface area contributed by atoms with E-state index in [2.05, 4.69) is 28.8 Å². The predicted molar refractivity (Wildman–Crippen MR) is 106 cm³/mol. The summed E-state index contributed by atoms with van der Waals surface area (Å²) in [6, 6.07) is 4.14. The predicted octanol–water partition coefficient (Wildman–Crippen LogP) is 3.18. The number of nitrogens with zero attached hydrogens (tertiary/aromatic N) is 3. The van der Waals surface area contributed by atoms with Gasteiger partial charge in [0.05, 0.1) is 24.4 Å². The molecular formula is C21H21F2N5O2. The number of fused-ring (bicyclic) bond motifs is 2. The largest absolute Gasteiger partial charge is 0.491 e. The fourth-order valence-electron chi connectivity index (χ4n) is 5.06. The van der Waals surface area contributed by atoms with E-state index in [0.717, 1.165) is 6.07 Å². The average molecular weight is 413 g/mol. The number of aromatic amines is 1. The smallest absolute Gasteiger partial charge is 0.269 e. The second-order valence-corrected chi connectivity index (χ2v) is 8.51. The summed E-state index contributed by atoms with van der Waals surface area (Å²) < 4.78 is 33.4. The summed E-state index contributed by atoms with van der Waals surface area (Å²) >= 11 is 0. The average Bonchev–Trinajstić information content (AvgIpc) is 3.10. The van der Waals surface area contributed by atoms with Crippen LogP contribution in [-0.4, -0.2) is 34.5 Å². The third-order valence-corrected chi connectivity index (χ3v) is 6.68. The van der Waals surface area contributed by atoms with Gasteiger partial charge in [-0.2, -0.15) is 4.39 Å². The Kier molecular flexibility index (Phi) is 3.84. The molecule has 30 heavy (non-hydrogen) atoms. The molecule has 3 N–H and O–H groups in total. The van der Waals surface area contributed by atoms with Crippen molar-refractivity contribution in [2.45, 2.75) is 19.9 Å². The van der Waals surface area contributed by atoms with E-state index in [9.17, 15) is 13.6 Å². The molecule has 0 radical (unpaired) electrons. The third kappa shape index (κ3) is 2.44. The Morgan fingerprint density at radius 1 is 1.33 bits per heavy atom. The van der Waals surface area contributed by atoms with Crippen molar-refractivity contribution in [3.8, 4) is 5.75 Å². The van der Waals surface area contributed by atoms with Gasteiger partial charge in [0.25, 0.3) is 5.91 Å². The molecule has 3 heterocycles. The Bertz CT molecular complexity index is 1190. The lowest BCUT2D eigenvalue weighted by atomic mass is 10.00. The SMILES string of the molecule is COc1c(N2C[C@@H]3[C@H]([C@@H]2c2nc4c(C(N)=O)nccc4[nH]2)C3(C)C)ccc(F)c1F. The van der Waals surface area contributed by atoms with Gasteiger partial charge in [-0.15, -0.1) is 0 Å². The summed E-state index contributed by atoms with van der Waals surface area (Å²) in [6.07, 6.45) is 1.50. The van der Waals surface area contributed by atoms with Crippen LogP contribution in [0, 0.1) is 28.9 Å². The second-order valence-electron chi connectivity index (χ2n) is 8.51. The Balaban J connectivity index is 1.65. The number of aromatic nitrogens is 3. The van der Waals surface area contributed by atoms with Crippen molar-refractivity contribution >= 4 is 22.6 Å². The number of benzene rings is 1. The van der Waals surface area contributed by atoms with Crippen molar-refractivity contribution in [3.05, 3.63) is 47.5 Å². The number of pyridine rings is 1. The molecule has 0 bridgehead atoms. The van der Waals surface area contributed by atoms with E-state index in [1.807, 2.05) is 4.90 Å². The number of hydrogen-bond acceptors (Lipinski definition) is 5. The molecule has 0 spiro atoms. The summed E-state index contributed by atoms with van der Waals surface area (Å²) in [6.45, 7) is 5.03. The third-order valence-electron chi connectivity index (χ3n) is 6.68. The van der Waals surface area contributed by atoms with Crippen LogP contribution in [0.5, 0.6) is 5.75 Å². The fraction of sp³-hybridized carbons (Fsp3) is 0.381. The number of methoxy groups -OCH3 is 1. The maximum atomic E-state index is 14.4. The van der Waals surface area contributed by atoms with Gasteiger partial charge >= 0.3 is 0 Å². The van der Waals surface area contributed by atoms with E-state index in [0.29, 0.717) is 35.0 Å². The number of H-pyrrole nitrogens is 1. The lowest BCUT2D eigenvalue weighted by Crippen LogP contribution is -2.31. The first kappa shape index (κ1) is 18.8. The highest BCUT2D eigenvalue weighted by atomic mass is 19.2. The van der Waals surface area contributed by atoms with Gasteiger partial charge < -0.3 is 20.4 Å². The zero-order valence-corrected chi connectivity index (χ0v) is 16.7. The molecule has 3 atom stereocenters. The number of hydrogen-bond donors (Lipinski definition) is 2. The summed E-state index contributed by atoms with van der Waals surface area (Å²) in [4.78, 5) is 25.7. The van der Waals surface area contributed by atoms with E-state index in [4.69, 9.17) is 10.5 Å². The van der Waals surface area contributed by atoms with Gasteiger partial charge in [0.2, 0.25) is 5.82 Å². The van der Waals surface area contributed by atoms with Gasteiger partial charge in [-0.05, 0) is 35.4 Å². The fourth-order valence-corrected chi connectivity index (χ4v) is 5.06. The molecular weight excluding hydrogens is 392 g/mol. The van der Waals surface area contributed by atoms with Gasteiger partial charge in [-0.1, -0.05) is 13.8 Å². The molecule has 1 aliphatic heterocycles. The molecule has 1 aromatic carbocycles. The van der Waals surface area contributed by atoms with Gasteiger partial charge in [0.1, 0.15) is 11.3 Å². The molecule has 5 rings (SSSR count). The number of imidazole rings is 1. The summed E-state index contributed by atoms with van der Waals surface area (Å²) in [5, 5.41) is 0. The molecule has 1 saturated heterocycles. The molecule has 3 aromatic rings. The van der Waals surface area contributed by atoms with Gasteiger partial charge in [-0.25, -0.2) is 14.4 Å². The van der Waals surface area contributed by atoms with Crippen molar-refractivity contribution < 1.29 is 18.3 Å². The number of carbonyl (C=O) groups is 1. The monoisotopic (exact) mass is 413 g/mol. The number of nitrogens with two attached hydrogens (primary N) is 1. The number of primary amides is 1. The molecule has 1 aliphatic carbocycles. The number of nitrogens with one attached hydrogen (secondary N) is 1. The van der Waals surface area contributed by atoms with Crippen LogP contribution in [0.4, 0.5) is 14.5 Å². The second kappa shape index (κ2) is 6.13. The van der Waals surface area contributed by atoms with E-state index < -0.39 is 17.5 Å². The lowest BCUT2D eigenvalue weighted by molar-refractivity contribution is 0.0997. The van der Waals surface area contributed by atoms with E-state index in [1.54, 1.807) is 6.07 Å². The van der Waals surface area contributed by atoms with Crippen molar-refractivity contribution in [3.63, 3.8) is 0 Å². The number of carbonyl (C=O) groups excluding carboxylic acids is 1. The highest BCUT2D eigenvalue weighted by Gasteiger charge is 2.68. The number of anilines is 1. The van der Waals surface area contributed by atoms with Crippen LogP contribution < -0.4 is 15.4 Å². The van der Waals surface area contributed by atoms with Crippen molar-refractivity contribution in [2.24, 2.45) is 23.0 Å². The molecule has 9 heteroatoms. The van der Waals surface area contributed by atoms with Crippen molar-refractivity contribution in [1.82, 2.24) is 15.0 Å². The molecule has 7 nitrogen and oxygen atoms in total. The molecule has 2 aliphatic rings. The van der Waals surface area contributed by atoms with Crippen molar-refractivity contribution in [1.29, 1.82) is 0 Å². The van der Waals surface area contributed by atoms with Crippen LogP contribution in [0.1, 0.15) is 36.2 Å². The summed E-state index contributed by atoms with van der Waals surface area (Å²) in [5.74, 6) is -1.52. The molecule has 156 valence electrons. The Morgan fingerprint density at radius 3 is 2.80 bits per heavy atom. The Morgan fingerprint density at radius 2 is 2.10 bits per heavy atom. The Labute approximate surface area is 171 Å². The van der Waals surface area contributed by atoms with Gasteiger partial charge in [0, 0.05) is 12.7 Å². The molecule has 1 amide bonds. The maximum Gasteiger partial charge on any atom is 0.269 e. The summed E-state index contributed by atoms with van der Waals surface area (Å²) in [7, 11) is 1.32. The highest BCUT2D eigenvalue weighted by molar-refractivity contribution is 6.02. The van der Waals surface area contributed by atoms with Gasteiger partial charge in [0.15, 0.2) is 17.3 Å². The first-order chi connectivity index (χ1) is 14.3. The zero-order chi connectivity index (χ0) is 21.4. The number of halogens is 2. The van der Waals surface area contributed by atoms with E-state index >= 15 is 0 Å². The highest BCUT2D eigenvalue weighted by Crippen LogP contribution is 2.69. The minimum Gasteiger partial charge on any atom is -0.491 e. The first-order valence-electron chi connectivity index (χ1n) is 9.68. The van der Waals surface area contributed by atoms with Crippen molar-refractivity contribution in [2.75, 3.05) is 18.6 Å². The maximum absolute atomic E-state index is 14.4. The molecule has 2 aromatic heterocycles. The van der Waals surface area contributed by atoms with Crippen LogP contribution in [0.25, 0.3) is 11.0 Å². The Hall–Kier alpha value is -3.23. The van der Waals surface area contributed by atoms with E-state index in [-0.39, 0.29) is 28.8 Å². The molecule has 2 fully saturated rings. The topological polar surface area (TPSA) is 97.1 Å². The number of amides is 1. The van der Waals surface area contributed by atoms with Gasteiger partial charge in [-0.3, -0.25) is 4.79 Å². The minimum absolute atomic E-state index is 0.0801. The first-order valence-corrected chi connectivity index (χ1v) is 9.68. The normalized spacial score (nSPS) is 24.2. The zero-order valence-electron chi connectivity index (χ0n) is 16.7.